The number of fused-ring (bicyclic) bond motifs is 1. The van der Waals surface area contributed by atoms with E-state index in [4.69, 9.17) is 4.18 Å². The molecule has 130 valence electrons. The van der Waals surface area contributed by atoms with Crippen LogP contribution >= 0.6 is 0 Å². The Morgan fingerprint density at radius 2 is 1.88 bits per heavy atom. The molecule has 3 rings (SSSR count). The molecule has 0 saturated heterocycles. The normalized spacial score (nSPS) is 13.8. The summed E-state index contributed by atoms with van der Waals surface area (Å²) in [5.41, 5.74) is 2.39. The van der Waals surface area contributed by atoms with Crippen LogP contribution in [0.25, 0.3) is 0 Å². The van der Waals surface area contributed by atoms with Crippen molar-refractivity contribution in [3.8, 4) is 5.75 Å². The fourth-order valence-corrected chi connectivity index (χ4v) is 3.67. The Labute approximate surface area is 145 Å². The molecule has 7 heteroatoms. The van der Waals surface area contributed by atoms with Gasteiger partial charge in [-0.3, -0.25) is 9.59 Å². The molecular weight excluding hydrogens is 342 g/mol. The van der Waals surface area contributed by atoms with Gasteiger partial charge in [0.1, 0.15) is 4.90 Å². The monoisotopic (exact) mass is 359 g/mol. The van der Waals surface area contributed by atoms with Crippen LogP contribution in [0.15, 0.2) is 41.3 Å². The second-order valence-corrected chi connectivity index (χ2v) is 7.51. The summed E-state index contributed by atoms with van der Waals surface area (Å²) in [4.78, 5) is 23.1. The fourth-order valence-electron chi connectivity index (χ4n) is 2.67. The van der Waals surface area contributed by atoms with Crippen molar-refractivity contribution in [3.63, 3.8) is 0 Å². The van der Waals surface area contributed by atoms with E-state index in [1.807, 2.05) is 6.92 Å². The molecule has 2 aromatic carbocycles. The number of nitrogens with one attached hydrogen (secondary N) is 1. The number of amides is 1. The fraction of sp³-hybridized carbons (Fsp3) is 0.222. The number of anilines is 1. The van der Waals surface area contributed by atoms with Crippen molar-refractivity contribution < 1.29 is 22.2 Å². The number of carbonyl (C=O) groups is 2. The third kappa shape index (κ3) is 3.56. The first-order chi connectivity index (χ1) is 11.8. The molecule has 0 saturated carbocycles. The highest BCUT2D eigenvalue weighted by Crippen LogP contribution is 2.28. The second kappa shape index (κ2) is 6.33. The SMILES string of the molecule is CC(=O)c1cc(C)ccc1OS(=O)(=O)c1ccc2c(c1)CCC(=O)N2. The number of benzene rings is 2. The van der Waals surface area contributed by atoms with E-state index < -0.39 is 10.1 Å². The Morgan fingerprint density at radius 3 is 2.60 bits per heavy atom. The minimum Gasteiger partial charge on any atom is -0.378 e. The molecule has 1 aliphatic heterocycles. The molecule has 0 unspecified atom stereocenters. The largest absolute Gasteiger partial charge is 0.378 e. The molecule has 0 aliphatic carbocycles. The number of carbonyl (C=O) groups excluding carboxylic acids is 2. The molecule has 1 amide bonds. The smallest absolute Gasteiger partial charge is 0.339 e. The van der Waals surface area contributed by atoms with E-state index in [9.17, 15) is 18.0 Å². The van der Waals surface area contributed by atoms with Crippen LogP contribution in [0.5, 0.6) is 5.75 Å². The van der Waals surface area contributed by atoms with Crippen LogP contribution in [0.3, 0.4) is 0 Å². The summed E-state index contributed by atoms with van der Waals surface area (Å²) < 4.78 is 30.4. The molecule has 0 atom stereocenters. The molecule has 6 nitrogen and oxygen atoms in total. The first-order valence-electron chi connectivity index (χ1n) is 7.75. The molecule has 0 spiro atoms. The third-order valence-electron chi connectivity index (χ3n) is 3.97. The predicted octanol–water partition coefficient (Wildman–Crippen LogP) is 2.85. The zero-order valence-electron chi connectivity index (χ0n) is 13.8. The van der Waals surface area contributed by atoms with E-state index in [1.54, 1.807) is 18.2 Å². The van der Waals surface area contributed by atoms with Gasteiger partial charge in [-0.25, -0.2) is 0 Å². The summed E-state index contributed by atoms with van der Waals surface area (Å²) in [6.45, 7) is 3.17. The Bertz CT molecular complexity index is 979. The molecule has 0 fully saturated rings. The van der Waals surface area contributed by atoms with Crippen LogP contribution in [0.2, 0.25) is 0 Å². The number of aryl methyl sites for hydroxylation is 2. The van der Waals surface area contributed by atoms with Gasteiger partial charge in [0.2, 0.25) is 5.91 Å². The number of Topliss-reactive ketones (excluding diaryl/α,β-unsaturated/α-hetero) is 1. The van der Waals surface area contributed by atoms with Crippen molar-refractivity contribution >= 4 is 27.5 Å². The maximum atomic E-state index is 12.6. The van der Waals surface area contributed by atoms with Crippen molar-refractivity contribution in [2.45, 2.75) is 31.6 Å². The van der Waals surface area contributed by atoms with Crippen LogP contribution in [0.4, 0.5) is 5.69 Å². The summed E-state index contributed by atoms with van der Waals surface area (Å²) in [5.74, 6) is -0.365. The Hall–Kier alpha value is -2.67. The summed E-state index contributed by atoms with van der Waals surface area (Å²) in [5, 5.41) is 2.70. The molecule has 0 bridgehead atoms. The molecule has 25 heavy (non-hydrogen) atoms. The Morgan fingerprint density at radius 1 is 1.12 bits per heavy atom. The summed E-state index contributed by atoms with van der Waals surface area (Å²) in [6, 6.07) is 9.16. The molecule has 0 radical (unpaired) electrons. The van der Waals surface area contributed by atoms with Gasteiger partial charge in [0.15, 0.2) is 11.5 Å². The van der Waals surface area contributed by atoms with Crippen molar-refractivity contribution in [1.29, 1.82) is 0 Å². The maximum Gasteiger partial charge on any atom is 0.339 e. The van der Waals surface area contributed by atoms with Gasteiger partial charge in [-0.05, 0) is 56.2 Å². The van der Waals surface area contributed by atoms with Crippen molar-refractivity contribution in [1.82, 2.24) is 0 Å². The summed E-state index contributed by atoms with van der Waals surface area (Å²) in [6.07, 6.45) is 0.775. The number of rotatable bonds is 4. The van der Waals surface area contributed by atoms with Gasteiger partial charge >= 0.3 is 10.1 Å². The predicted molar refractivity (Wildman–Crippen MR) is 92.4 cm³/mol. The molecule has 1 N–H and O–H groups in total. The van der Waals surface area contributed by atoms with Crippen LogP contribution in [0.1, 0.15) is 34.8 Å². The van der Waals surface area contributed by atoms with E-state index in [2.05, 4.69) is 5.32 Å². The average molecular weight is 359 g/mol. The minimum atomic E-state index is -4.09. The van der Waals surface area contributed by atoms with Gasteiger partial charge in [-0.15, -0.1) is 0 Å². The first kappa shape index (κ1) is 17.2. The molecule has 1 aliphatic rings. The summed E-state index contributed by atoms with van der Waals surface area (Å²) in [7, 11) is -4.09. The van der Waals surface area contributed by atoms with E-state index in [1.165, 1.54) is 25.1 Å². The minimum absolute atomic E-state index is 0.00382. The first-order valence-corrected chi connectivity index (χ1v) is 9.16. The van der Waals surface area contributed by atoms with Gasteiger partial charge in [0.25, 0.3) is 0 Å². The quantitative estimate of drug-likeness (QED) is 0.670. The highest BCUT2D eigenvalue weighted by molar-refractivity contribution is 7.87. The maximum absolute atomic E-state index is 12.6. The van der Waals surface area contributed by atoms with Crippen LogP contribution in [-0.2, 0) is 21.3 Å². The lowest BCUT2D eigenvalue weighted by Crippen LogP contribution is -2.20. The molecule has 1 heterocycles. The van der Waals surface area contributed by atoms with Crippen molar-refractivity contribution in [3.05, 3.63) is 53.1 Å². The van der Waals surface area contributed by atoms with Gasteiger partial charge in [0, 0.05) is 12.1 Å². The lowest BCUT2D eigenvalue weighted by atomic mass is 10.0. The van der Waals surface area contributed by atoms with Gasteiger partial charge in [-0.1, -0.05) is 11.6 Å². The van der Waals surface area contributed by atoms with E-state index in [0.717, 1.165) is 11.1 Å². The average Bonchev–Trinajstić information content (AvgIpc) is 2.55. The van der Waals surface area contributed by atoms with Gasteiger partial charge in [0.05, 0.1) is 5.56 Å². The van der Waals surface area contributed by atoms with E-state index in [-0.39, 0.29) is 27.9 Å². The lowest BCUT2D eigenvalue weighted by molar-refractivity contribution is -0.116. The van der Waals surface area contributed by atoms with Crippen LogP contribution < -0.4 is 9.50 Å². The lowest BCUT2D eigenvalue weighted by Gasteiger charge is -2.18. The van der Waals surface area contributed by atoms with E-state index in [0.29, 0.717) is 18.5 Å². The summed E-state index contributed by atoms with van der Waals surface area (Å²) >= 11 is 0. The topological polar surface area (TPSA) is 89.5 Å². The molecule has 0 aromatic heterocycles. The molecular formula is C18H17NO5S. The number of hydrogen-bond donors (Lipinski definition) is 1. The number of ketones is 1. The highest BCUT2D eigenvalue weighted by atomic mass is 32.2. The van der Waals surface area contributed by atoms with Crippen LogP contribution in [0, 0.1) is 6.92 Å². The third-order valence-corrected chi connectivity index (χ3v) is 5.20. The zero-order chi connectivity index (χ0) is 18.2. The Balaban J connectivity index is 1.96. The van der Waals surface area contributed by atoms with Crippen molar-refractivity contribution in [2.24, 2.45) is 0 Å². The Kier molecular flexibility index (Phi) is 4.34. The standard InChI is InChI=1S/C18H17NO5S/c1-11-3-7-17(15(9-11)12(2)20)24-25(22,23)14-5-6-16-13(10-14)4-8-18(21)19-16/h3,5-7,9-10H,4,8H2,1-2H3,(H,19,21). The zero-order valence-corrected chi connectivity index (χ0v) is 14.6. The van der Waals surface area contributed by atoms with Gasteiger partial charge < -0.3 is 9.50 Å². The van der Waals surface area contributed by atoms with Gasteiger partial charge in [-0.2, -0.15) is 8.42 Å². The number of hydrogen-bond acceptors (Lipinski definition) is 5. The van der Waals surface area contributed by atoms with Crippen LogP contribution in [-0.4, -0.2) is 20.1 Å². The van der Waals surface area contributed by atoms with E-state index >= 15 is 0 Å². The highest BCUT2D eigenvalue weighted by Gasteiger charge is 2.23. The second-order valence-electron chi connectivity index (χ2n) is 5.96. The molecule has 2 aromatic rings. The van der Waals surface area contributed by atoms with Crippen molar-refractivity contribution in [2.75, 3.05) is 5.32 Å².